The molecule has 1 amide bonds. The Labute approximate surface area is 106 Å². The summed E-state index contributed by atoms with van der Waals surface area (Å²) in [6.07, 6.45) is -0.566. The van der Waals surface area contributed by atoms with E-state index in [1.54, 1.807) is 20.8 Å². The number of carboxylic acid groups (broad SMARTS) is 1. The Morgan fingerprint density at radius 2 is 1.94 bits per heavy atom. The lowest BCUT2D eigenvalue weighted by Gasteiger charge is -2.43. The molecule has 0 aromatic heterocycles. The Balaban J connectivity index is 2.05. The lowest BCUT2D eigenvalue weighted by atomic mass is 9.67. The minimum atomic E-state index is -1.05. The molecule has 18 heavy (non-hydrogen) atoms. The number of amides is 1. The Hall–Kier alpha value is -1.30. The van der Waals surface area contributed by atoms with Crippen molar-refractivity contribution in [2.24, 2.45) is 0 Å². The molecular formula is C12H19NO5. The summed E-state index contributed by atoms with van der Waals surface area (Å²) in [6.45, 7) is 7.13. The fourth-order valence-electron chi connectivity index (χ4n) is 2.90. The van der Waals surface area contributed by atoms with Gasteiger partial charge in [-0.2, -0.15) is 0 Å². The van der Waals surface area contributed by atoms with Crippen LogP contribution in [0.1, 0.15) is 40.5 Å². The van der Waals surface area contributed by atoms with Crippen LogP contribution in [-0.4, -0.2) is 40.0 Å². The first-order valence-electron chi connectivity index (χ1n) is 5.97. The van der Waals surface area contributed by atoms with Crippen LogP contribution < -0.4 is 5.32 Å². The molecule has 2 aliphatic heterocycles. The van der Waals surface area contributed by atoms with Crippen LogP contribution in [0.15, 0.2) is 0 Å². The highest BCUT2D eigenvalue weighted by Gasteiger charge is 2.69. The lowest BCUT2D eigenvalue weighted by Crippen LogP contribution is -2.62. The van der Waals surface area contributed by atoms with Gasteiger partial charge in [0.2, 0.25) is 0 Å². The lowest BCUT2D eigenvalue weighted by molar-refractivity contribution is -0.150. The van der Waals surface area contributed by atoms with Gasteiger partial charge in [-0.25, -0.2) is 9.59 Å². The summed E-state index contributed by atoms with van der Waals surface area (Å²) in [5.41, 5.74) is -1.85. The van der Waals surface area contributed by atoms with E-state index in [1.165, 1.54) is 0 Å². The molecule has 0 aromatic rings. The fraction of sp³-hybridized carbons (Fsp3) is 0.833. The Kier molecular flexibility index (Phi) is 2.63. The number of rotatable bonds is 2. The summed E-state index contributed by atoms with van der Waals surface area (Å²) in [5, 5.41) is 11.8. The van der Waals surface area contributed by atoms with Gasteiger partial charge in [-0.3, -0.25) is 0 Å². The molecule has 2 saturated heterocycles. The number of nitrogens with one attached hydrogen (secondary N) is 1. The molecule has 102 valence electrons. The molecule has 2 bridgehead atoms. The zero-order valence-electron chi connectivity index (χ0n) is 11.1. The van der Waals surface area contributed by atoms with Crippen LogP contribution in [0.25, 0.3) is 0 Å². The Morgan fingerprint density at radius 1 is 1.39 bits per heavy atom. The van der Waals surface area contributed by atoms with Gasteiger partial charge in [0.1, 0.15) is 5.60 Å². The van der Waals surface area contributed by atoms with Crippen molar-refractivity contribution in [1.29, 1.82) is 0 Å². The smallest absolute Gasteiger partial charge is 0.408 e. The minimum absolute atomic E-state index is 0.432. The molecule has 1 atom stereocenters. The van der Waals surface area contributed by atoms with E-state index in [-0.39, 0.29) is 0 Å². The highest BCUT2D eigenvalue weighted by molar-refractivity contribution is 5.79. The first kappa shape index (κ1) is 13.1. The molecule has 0 aromatic carbocycles. The molecule has 1 saturated carbocycles. The third kappa shape index (κ3) is 2.16. The summed E-state index contributed by atoms with van der Waals surface area (Å²) in [5.74, 6) is -1.05. The predicted octanol–water partition coefficient (Wildman–Crippen LogP) is 1.29. The molecule has 6 nitrogen and oxygen atoms in total. The summed E-state index contributed by atoms with van der Waals surface area (Å²) in [6, 6.07) is 0. The van der Waals surface area contributed by atoms with Crippen LogP contribution in [0.2, 0.25) is 0 Å². The number of alkyl carbamates (subject to hydrolysis) is 1. The van der Waals surface area contributed by atoms with E-state index in [9.17, 15) is 9.59 Å². The summed E-state index contributed by atoms with van der Waals surface area (Å²) >= 11 is 0. The van der Waals surface area contributed by atoms with Gasteiger partial charge in [0, 0.05) is 12.8 Å². The second-order valence-electron chi connectivity index (χ2n) is 6.42. The van der Waals surface area contributed by atoms with Crippen molar-refractivity contribution >= 4 is 12.1 Å². The molecule has 6 heteroatoms. The van der Waals surface area contributed by atoms with E-state index in [0.717, 1.165) is 0 Å². The van der Waals surface area contributed by atoms with Crippen molar-refractivity contribution in [3.63, 3.8) is 0 Å². The highest BCUT2D eigenvalue weighted by atomic mass is 16.6. The van der Waals surface area contributed by atoms with Crippen LogP contribution in [0, 0.1) is 0 Å². The van der Waals surface area contributed by atoms with E-state index < -0.39 is 34.9 Å². The zero-order chi connectivity index (χ0) is 13.8. The molecule has 1 unspecified atom stereocenters. The summed E-state index contributed by atoms with van der Waals surface area (Å²) in [4.78, 5) is 22.9. The third-order valence-corrected chi connectivity index (χ3v) is 3.26. The number of carbonyl (C=O) groups excluding carboxylic acids is 1. The normalized spacial score (nSPS) is 37.9. The maximum Gasteiger partial charge on any atom is 0.408 e. The zero-order valence-corrected chi connectivity index (χ0v) is 11.1. The van der Waals surface area contributed by atoms with Crippen LogP contribution in [0.3, 0.4) is 0 Å². The molecule has 3 fully saturated rings. The average molecular weight is 257 g/mol. The number of carboxylic acids is 1. The quantitative estimate of drug-likeness (QED) is 0.778. The minimum Gasteiger partial charge on any atom is -0.479 e. The number of hydrogen-bond acceptors (Lipinski definition) is 4. The molecule has 2 heterocycles. The number of hydrogen-bond donors (Lipinski definition) is 2. The van der Waals surface area contributed by atoms with E-state index in [0.29, 0.717) is 12.8 Å². The second kappa shape index (κ2) is 3.60. The van der Waals surface area contributed by atoms with Gasteiger partial charge in [0.05, 0.1) is 11.1 Å². The molecule has 0 spiro atoms. The molecule has 1 aliphatic carbocycles. The first-order chi connectivity index (χ1) is 8.05. The highest BCUT2D eigenvalue weighted by Crippen LogP contribution is 2.55. The van der Waals surface area contributed by atoms with Crippen molar-refractivity contribution in [1.82, 2.24) is 5.32 Å². The SMILES string of the molecule is CC(C)(C)OC(=O)NC12CC(C)(C1)OC2C(=O)O. The van der Waals surface area contributed by atoms with Gasteiger partial charge in [-0.05, 0) is 27.7 Å². The molecule has 2 N–H and O–H groups in total. The fourth-order valence-corrected chi connectivity index (χ4v) is 2.90. The van der Waals surface area contributed by atoms with Gasteiger partial charge in [0.25, 0.3) is 0 Å². The van der Waals surface area contributed by atoms with E-state index in [1.807, 2.05) is 6.92 Å². The van der Waals surface area contributed by atoms with Gasteiger partial charge in [-0.15, -0.1) is 0 Å². The number of fused-ring (bicyclic) bond motifs is 1. The summed E-state index contributed by atoms with van der Waals surface area (Å²) < 4.78 is 10.6. The molecule has 3 rings (SSSR count). The van der Waals surface area contributed by atoms with Gasteiger partial charge >= 0.3 is 12.1 Å². The first-order valence-corrected chi connectivity index (χ1v) is 5.97. The predicted molar refractivity (Wildman–Crippen MR) is 62.2 cm³/mol. The summed E-state index contributed by atoms with van der Waals surface area (Å²) in [7, 11) is 0. The Bertz CT molecular complexity index is 392. The van der Waals surface area contributed by atoms with E-state index in [4.69, 9.17) is 14.6 Å². The molecular weight excluding hydrogens is 238 g/mol. The largest absolute Gasteiger partial charge is 0.479 e. The second-order valence-corrected chi connectivity index (χ2v) is 6.42. The van der Waals surface area contributed by atoms with E-state index in [2.05, 4.69) is 5.32 Å². The van der Waals surface area contributed by atoms with Crippen LogP contribution in [0.4, 0.5) is 4.79 Å². The average Bonchev–Trinajstić information content (AvgIpc) is 2.48. The number of aliphatic carboxylic acids is 1. The van der Waals surface area contributed by atoms with Crippen molar-refractivity contribution < 1.29 is 24.2 Å². The number of carbonyl (C=O) groups is 2. The van der Waals surface area contributed by atoms with Gasteiger partial charge in [0.15, 0.2) is 6.10 Å². The van der Waals surface area contributed by atoms with Gasteiger partial charge < -0.3 is 19.9 Å². The van der Waals surface area contributed by atoms with Crippen LogP contribution in [-0.2, 0) is 14.3 Å². The van der Waals surface area contributed by atoms with Gasteiger partial charge in [-0.1, -0.05) is 0 Å². The topological polar surface area (TPSA) is 84.9 Å². The maximum atomic E-state index is 11.7. The Morgan fingerprint density at radius 3 is 2.39 bits per heavy atom. The molecule has 0 radical (unpaired) electrons. The van der Waals surface area contributed by atoms with Crippen molar-refractivity contribution in [3.8, 4) is 0 Å². The van der Waals surface area contributed by atoms with Crippen molar-refractivity contribution in [3.05, 3.63) is 0 Å². The van der Waals surface area contributed by atoms with Crippen molar-refractivity contribution in [2.45, 2.75) is 63.4 Å². The maximum absolute atomic E-state index is 11.7. The van der Waals surface area contributed by atoms with Crippen molar-refractivity contribution in [2.75, 3.05) is 0 Å². The monoisotopic (exact) mass is 257 g/mol. The van der Waals surface area contributed by atoms with Crippen LogP contribution >= 0.6 is 0 Å². The van der Waals surface area contributed by atoms with Crippen LogP contribution in [0.5, 0.6) is 0 Å². The van der Waals surface area contributed by atoms with E-state index >= 15 is 0 Å². The molecule has 3 aliphatic rings. The standard InChI is InChI=1S/C12H19NO5/c1-10(2,3)18-9(16)13-12-5-11(4,6-12)17-7(12)8(14)15/h7H,5-6H2,1-4H3,(H,13,16)(H,14,15). The number of ether oxygens (including phenoxy) is 2. The third-order valence-electron chi connectivity index (χ3n) is 3.26.